The van der Waals surface area contributed by atoms with Gasteiger partial charge in [-0.15, -0.1) is 11.3 Å². The summed E-state index contributed by atoms with van der Waals surface area (Å²) < 4.78 is 5.33. The third kappa shape index (κ3) is 4.05. The number of anilines is 1. The highest BCUT2D eigenvalue weighted by molar-refractivity contribution is 7.17. The van der Waals surface area contributed by atoms with E-state index in [4.69, 9.17) is 21.6 Å². The Kier molecular flexibility index (Phi) is 4.93. The molecule has 5 nitrogen and oxygen atoms in total. The standard InChI is InChI=1S/C14H9ClN2O3S/c15-12-6-5-11(21-12)14(19)20-8-13(18)17-10-4-2-1-3-9(10)7-16/h1-6H,8H2,(H,17,18). The predicted octanol–water partition coefficient (Wildman–Crippen LogP) is 3.07. The van der Waals surface area contributed by atoms with Crippen molar-refractivity contribution in [2.75, 3.05) is 11.9 Å². The number of para-hydroxylation sites is 1. The third-order valence-electron chi connectivity index (χ3n) is 2.43. The molecule has 0 aliphatic rings. The second-order valence-corrected chi connectivity index (χ2v) is 5.60. The minimum Gasteiger partial charge on any atom is -0.451 e. The maximum atomic E-state index is 11.7. The first-order valence-electron chi connectivity index (χ1n) is 5.81. The lowest BCUT2D eigenvalue weighted by molar-refractivity contribution is -0.119. The van der Waals surface area contributed by atoms with Gasteiger partial charge in [-0.25, -0.2) is 4.79 Å². The molecule has 1 aromatic heterocycles. The van der Waals surface area contributed by atoms with Gasteiger partial charge in [0.1, 0.15) is 10.9 Å². The molecule has 1 amide bonds. The molecule has 0 bridgehead atoms. The Balaban J connectivity index is 1.91. The van der Waals surface area contributed by atoms with Gasteiger partial charge in [0.15, 0.2) is 6.61 Å². The van der Waals surface area contributed by atoms with Crippen LogP contribution < -0.4 is 5.32 Å². The Morgan fingerprint density at radius 1 is 1.29 bits per heavy atom. The number of benzene rings is 1. The zero-order valence-corrected chi connectivity index (χ0v) is 12.2. The van der Waals surface area contributed by atoms with E-state index in [1.165, 1.54) is 6.07 Å². The number of ether oxygens (including phenoxy) is 1. The molecular weight excluding hydrogens is 312 g/mol. The SMILES string of the molecule is N#Cc1ccccc1NC(=O)COC(=O)c1ccc(Cl)s1. The molecule has 0 saturated carbocycles. The highest BCUT2D eigenvalue weighted by Gasteiger charge is 2.13. The van der Waals surface area contributed by atoms with E-state index in [1.807, 2.05) is 6.07 Å². The molecule has 0 aliphatic carbocycles. The smallest absolute Gasteiger partial charge is 0.348 e. The van der Waals surface area contributed by atoms with Crippen molar-refractivity contribution in [1.82, 2.24) is 0 Å². The van der Waals surface area contributed by atoms with Crippen molar-refractivity contribution in [3.05, 3.63) is 51.2 Å². The van der Waals surface area contributed by atoms with Crippen molar-refractivity contribution >= 4 is 40.5 Å². The minimum absolute atomic E-state index is 0.324. The lowest BCUT2D eigenvalue weighted by Crippen LogP contribution is -2.21. The van der Waals surface area contributed by atoms with E-state index in [1.54, 1.807) is 30.3 Å². The summed E-state index contributed by atoms with van der Waals surface area (Å²) in [4.78, 5) is 23.7. The average Bonchev–Trinajstić information content (AvgIpc) is 2.92. The normalized spacial score (nSPS) is 9.71. The molecular formula is C14H9ClN2O3S. The van der Waals surface area contributed by atoms with Gasteiger partial charge in [0.2, 0.25) is 0 Å². The van der Waals surface area contributed by atoms with Gasteiger partial charge >= 0.3 is 5.97 Å². The third-order valence-corrected chi connectivity index (χ3v) is 3.64. The number of esters is 1. The van der Waals surface area contributed by atoms with Crippen molar-refractivity contribution in [2.45, 2.75) is 0 Å². The Morgan fingerprint density at radius 3 is 2.71 bits per heavy atom. The highest BCUT2D eigenvalue weighted by atomic mass is 35.5. The molecule has 2 aromatic rings. The lowest BCUT2D eigenvalue weighted by atomic mass is 10.2. The zero-order chi connectivity index (χ0) is 15.2. The van der Waals surface area contributed by atoms with Crippen LogP contribution in [0.2, 0.25) is 4.34 Å². The van der Waals surface area contributed by atoms with Gasteiger partial charge in [-0.2, -0.15) is 5.26 Å². The molecule has 0 fully saturated rings. The number of nitrogens with one attached hydrogen (secondary N) is 1. The van der Waals surface area contributed by atoms with E-state index in [9.17, 15) is 9.59 Å². The zero-order valence-electron chi connectivity index (χ0n) is 10.6. The monoisotopic (exact) mass is 320 g/mol. The van der Waals surface area contributed by atoms with Gasteiger partial charge in [-0.1, -0.05) is 23.7 Å². The molecule has 21 heavy (non-hydrogen) atoms. The van der Waals surface area contributed by atoms with Crippen LogP contribution in [0.25, 0.3) is 0 Å². The van der Waals surface area contributed by atoms with Crippen LogP contribution in [-0.2, 0) is 9.53 Å². The molecule has 0 saturated heterocycles. The summed E-state index contributed by atoms with van der Waals surface area (Å²) in [6.07, 6.45) is 0. The van der Waals surface area contributed by atoms with Crippen LogP contribution in [0.3, 0.4) is 0 Å². The number of halogens is 1. The molecule has 7 heteroatoms. The molecule has 1 aromatic carbocycles. The van der Waals surface area contributed by atoms with Crippen molar-refractivity contribution in [3.63, 3.8) is 0 Å². The van der Waals surface area contributed by atoms with E-state index < -0.39 is 18.5 Å². The molecule has 0 aliphatic heterocycles. The molecule has 0 unspecified atom stereocenters. The first-order chi connectivity index (χ1) is 10.1. The number of nitriles is 1. The largest absolute Gasteiger partial charge is 0.451 e. The van der Waals surface area contributed by atoms with Crippen LogP contribution in [0, 0.1) is 11.3 Å². The second-order valence-electron chi connectivity index (χ2n) is 3.89. The lowest BCUT2D eigenvalue weighted by Gasteiger charge is -2.07. The summed E-state index contributed by atoms with van der Waals surface area (Å²) in [5, 5.41) is 11.4. The van der Waals surface area contributed by atoms with Crippen LogP contribution in [0.15, 0.2) is 36.4 Å². The predicted molar refractivity (Wildman–Crippen MR) is 79.4 cm³/mol. The van der Waals surface area contributed by atoms with E-state index in [0.29, 0.717) is 20.5 Å². The van der Waals surface area contributed by atoms with Crippen LogP contribution in [0.4, 0.5) is 5.69 Å². The van der Waals surface area contributed by atoms with Crippen LogP contribution in [-0.4, -0.2) is 18.5 Å². The van der Waals surface area contributed by atoms with E-state index in [2.05, 4.69) is 5.32 Å². The first kappa shape index (κ1) is 15.0. The van der Waals surface area contributed by atoms with Crippen LogP contribution >= 0.6 is 22.9 Å². The number of nitrogens with zero attached hydrogens (tertiary/aromatic N) is 1. The Labute approximate surface area is 129 Å². The number of carbonyl (C=O) groups excluding carboxylic acids is 2. The fourth-order valence-electron chi connectivity index (χ4n) is 1.50. The maximum absolute atomic E-state index is 11.7. The van der Waals surface area contributed by atoms with Gasteiger partial charge in [0.25, 0.3) is 5.91 Å². The Hall–Kier alpha value is -2.36. The van der Waals surface area contributed by atoms with Crippen molar-refractivity contribution < 1.29 is 14.3 Å². The molecule has 0 atom stereocenters. The number of thiophene rings is 1. The van der Waals surface area contributed by atoms with Gasteiger partial charge in [0.05, 0.1) is 15.6 Å². The van der Waals surface area contributed by atoms with Crippen molar-refractivity contribution in [2.24, 2.45) is 0 Å². The molecule has 0 spiro atoms. The number of rotatable bonds is 4. The summed E-state index contributed by atoms with van der Waals surface area (Å²) in [6, 6.07) is 11.6. The number of hydrogen-bond acceptors (Lipinski definition) is 5. The molecule has 2 rings (SSSR count). The van der Waals surface area contributed by atoms with Crippen LogP contribution in [0.1, 0.15) is 15.2 Å². The Morgan fingerprint density at radius 2 is 2.05 bits per heavy atom. The first-order valence-corrected chi connectivity index (χ1v) is 7.01. The van der Waals surface area contributed by atoms with Gasteiger partial charge < -0.3 is 10.1 Å². The molecule has 0 radical (unpaired) electrons. The second kappa shape index (κ2) is 6.88. The molecule has 106 valence electrons. The van der Waals surface area contributed by atoms with E-state index in [-0.39, 0.29) is 0 Å². The number of carbonyl (C=O) groups is 2. The summed E-state index contributed by atoms with van der Waals surface area (Å²) in [5.41, 5.74) is 0.711. The van der Waals surface area contributed by atoms with Gasteiger partial charge in [-0.3, -0.25) is 4.79 Å². The topological polar surface area (TPSA) is 79.2 Å². The number of hydrogen-bond donors (Lipinski definition) is 1. The van der Waals surface area contributed by atoms with Gasteiger partial charge in [-0.05, 0) is 24.3 Å². The van der Waals surface area contributed by atoms with E-state index in [0.717, 1.165) is 11.3 Å². The number of amides is 1. The maximum Gasteiger partial charge on any atom is 0.348 e. The average molecular weight is 321 g/mol. The molecule has 1 heterocycles. The van der Waals surface area contributed by atoms with Gasteiger partial charge in [0, 0.05) is 0 Å². The summed E-state index contributed by atoms with van der Waals surface area (Å²) in [7, 11) is 0. The summed E-state index contributed by atoms with van der Waals surface area (Å²) >= 11 is 6.78. The fraction of sp³-hybridized carbons (Fsp3) is 0.0714. The Bertz CT molecular complexity index is 721. The fourth-order valence-corrected chi connectivity index (χ4v) is 2.44. The van der Waals surface area contributed by atoms with Crippen molar-refractivity contribution in [1.29, 1.82) is 5.26 Å². The minimum atomic E-state index is -0.615. The van der Waals surface area contributed by atoms with E-state index >= 15 is 0 Å². The quantitative estimate of drug-likeness (QED) is 0.878. The summed E-state index contributed by atoms with van der Waals surface area (Å²) in [5.74, 6) is -1.13. The highest BCUT2D eigenvalue weighted by Crippen LogP contribution is 2.22. The van der Waals surface area contributed by atoms with Crippen LogP contribution in [0.5, 0.6) is 0 Å². The van der Waals surface area contributed by atoms with Crippen molar-refractivity contribution in [3.8, 4) is 6.07 Å². The summed E-state index contributed by atoms with van der Waals surface area (Å²) in [6.45, 7) is -0.436. The molecule has 1 N–H and O–H groups in total.